The molecule has 0 unspecified atom stereocenters. The lowest BCUT2D eigenvalue weighted by atomic mass is 10.2. The minimum atomic E-state index is -0.511. The Balaban J connectivity index is 1.71. The van der Waals surface area contributed by atoms with Crippen LogP contribution in [0.15, 0.2) is 18.2 Å². The first-order chi connectivity index (χ1) is 10.8. The van der Waals surface area contributed by atoms with E-state index in [9.17, 15) is 9.18 Å². The zero-order chi connectivity index (χ0) is 16.6. The number of halogens is 1. The smallest absolute Gasteiger partial charge is 0.407 e. The van der Waals surface area contributed by atoms with E-state index in [-0.39, 0.29) is 5.82 Å². The van der Waals surface area contributed by atoms with Crippen LogP contribution in [0, 0.1) is 5.82 Å². The number of rotatable bonds is 4. The summed E-state index contributed by atoms with van der Waals surface area (Å²) in [5, 5.41) is 2.74. The van der Waals surface area contributed by atoms with Crippen molar-refractivity contribution >= 4 is 17.1 Å². The number of benzene rings is 1. The summed E-state index contributed by atoms with van der Waals surface area (Å²) in [6.45, 7) is 5.92. The molecule has 1 aromatic carbocycles. The fraction of sp³-hybridized carbons (Fsp3) is 0.529. The van der Waals surface area contributed by atoms with Gasteiger partial charge in [-0.1, -0.05) is 0 Å². The van der Waals surface area contributed by atoms with E-state index in [1.165, 1.54) is 12.1 Å². The summed E-state index contributed by atoms with van der Waals surface area (Å²) in [7, 11) is 0. The predicted molar refractivity (Wildman–Crippen MR) is 85.9 cm³/mol. The van der Waals surface area contributed by atoms with Crippen LogP contribution >= 0.6 is 0 Å². The van der Waals surface area contributed by atoms with Crippen molar-refractivity contribution in [2.45, 2.75) is 51.7 Å². The van der Waals surface area contributed by atoms with Gasteiger partial charge in [-0.25, -0.2) is 14.2 Å². The SMILES string of the molecule is CC(C)(C)OC(=O)NCCc1nc2ccc(F)cc2n1C1CC1. The van der Waals surface area contributed by atoms with Crippen LogP contribution in [0.1, 0.15) is 45.5 Å². The summed E-state index contributed by atoms with van der Waals surface area (Å²) in [5.41, 5.74) is 1.12. The zero-order valence-corrected chi connectivity index (χ0v) is 13.7. The number of hydrogen-bond acceptors (Lipinski definition) is 3. The van der Waals surface area contributed by atoms with E-state index in [0.29, 0.717) is 19.0 Å². The van der Waals surface area contributed by atoms with Gasteiger partial charge in [0.25, 0.3) is 0 Å². The summed E-state index contributed by atoms with van der Waals surface area (Å²) in [4.78, 5) is 16.3. The number of carbonyl (C=O) groups is 1. The average molecular weight is 319 g/mol. The molecule has 6 heteroatoms. The molecule has 0 aliphatic heterocycles. The number of amides is 1. The third-order valence-electron chi connectivity index (χ3n) is 3.65. The fourth-order valence-corrected chi connectivity index (χ4v) is 2.62. The van der Waals surface area contributed by atoms with Gasteiger partial charge in [-0.3, -0.25) is 0 Å². The highest BCUT2D eigenvalue weighted by molar-refractivity contribution is 5.76. The Morgan fingerprint density at radius 1 is 1.43 bits per heavy atom. The lowest BCUT2D eigenvalue weighted by molar-refractivity contribution is 0.0528. The molecule has 1 amide bonds. The van der Waals surface area contributed by atoms with Gasteiger partial charge in [-0.15, -0.1) is 0 Å². The van der Waals surface area contributed by atoms with E-state index >= 15 is 0 Å². The van der Waals surface area contributed by atoms with Gasteiger partial charge >= 0.3 is 6.09 Å². The molecular formula is C17H22FN3O2. The number of ether oxygens (including phenoxy) is 1. The Morgan fingerprint density at radius 2 is 2.17 bits per heavy atom. The molecule has 1 aliphatic carbocycles. The van der Waals surface area contributed by atoms with Gasteiger partial charge in [0.2, 0.25) is 0 Å². The number of imidazole rings is 1. The Labute approximate surface area is 134 Å². The molecule has 2 aromatic rings. The van der Waals surface area contributed by atoms with Crippen molar-refractivity contribution in [3.8, 4) is 0 Å². The molecular weight excluding hydrogens is 297 g/mol. The van der Waals surface area contributed by atoms with Gasteiger partial charge < -0.3 is 14.6 Å². The van der Waals surface area contributed by atoms with Crippen LogP contribution in [-0.2, 0) is 11.2 Å². The van der Waals surface area contributed by atoms with Crippen molar-refractivity contribution in [1.29, 1.82) is 0 Å². The minimum Gasteiger partial charge on any atom is -0.444 e. The van der Waals surface area contributed by atoms with Gasteiger partial charge in [0, 0.05) is 19.0 Å². The zero-order valence-electron chi connectivity index (χ0n) is 13.7. The average Bonchev–Trinajstić information content (AvgIpc) is 3.19. The number of aromatic nitrogens is 2. The molecule has 0 atom stereocenters. The maximum Gasteiger partial charge on any atom is 0.407 e. The van der Waals surface area contributed by atoms with Crippen molar-refractivity contribution in [2.24, 2.45) is 0 Å². The third kappa shape index (κ3) is 3.81. The van der Waals surface area contributed by atoms with Gasteiger partial charge in [0.05, 0.1) is 11.0 Å². The van der Waals surface area contributed by atoms with E-state index in [1.807, 2.05) is 20.8 Å². The largest absolute Gasteiger partial charge is 0.444 e. The molecule has 5 nitrogen and oxygen atoms in total. The number of alkyl carbamates (subject to hydrolysis) is 1. The lowest BCUT2D eigenvalue weighted by Crippen LogP contribution is -2.33. The monoisotopic (exact) mass is 319 g/mol. The second-order valence-electron chi connectivity index (χ2n) is 6.94. The van der Waals surface area contributed by atoms with E-state index in [2.05, 4.69) is 14.9 Å². The van der Waals surface area contributed by atoms with Crippen LogP contribution in [0.2, 0.25) is 0 Å². The predicted octanol–water partition coefficient (Wildman–Crippen LogP) is 3.58. The van der Waals surface area contributed by atoms with Crippen molar-refractivity contribution < 1.29 is 13.9 Å². The molecule has 0 bridgehead atoms. The standard InChI is InChI=1S/C17H22FN3O2/c1-17(2,3)23-16(22)19-9-8-15-20-13-7-4-11(18)10-14(13)21(15)12-5-6-12/h4,7,10,12H,5-6,8-9H2,1-3H3,(H,19,22). The van der Waals surface area contributed by atoms with Crippen molar-refractivity contribution in [3.05, 3.63) is 29.8 Å². The molecule has 124 valence electrons. The Bertz CT molecular complexity index is 729. The van der Waals surface area contributed by atoms with Crippen LogP contribution in [0.5, 0.6) is 0 Å². The van der Waals surface area contributed by atoms with Crippen molar-refractivity contribution in [1.82, 2.24) is 14.9 Å². The van der Waals surface area contributed by atoms with E-state index < -0.39 is 11.7 Å². The van der Waals surface area contributed by atoms with Crippen LogP contribution in [0.4, 0.5) is 9.18 Å². The molecule has 1 heterocycles. The van der Waals surface area contributed by atoms with E-state index in [1.54, 1.807) is 6.07 Å². The molecule has 1 aliphatic rings. The molecule has 0 saturated heterocycles. The van der Waals surface area contributed by atoms with Gasteiger partial charge in [0.1, 0.15) is 17.2 Å². The molecule has 1 fully saturated rings. The number of hydrogen-bond donors (Lipinski definition) is 1. The van der Waals surface area contributed by atoms with Crippen LogP contribution < -0.4 is 5.32 Å². The second-order valence-corrected chi connectivity index (χ2v) is 6.94. The first-order valence-electron chi connectivity index (χ1n) is 7.97. The van der Waals surface area contributed by atoms with Gasteiger partial charge in [0.15, 0.2) is 0 Å². The van der Waals surface area contributed by atoms with Crippen LogP contribution in [0.3, 0.4) is 0 Å². The molecule has 0 radical (unpaired) electrons. The first-order valence-corrected chi connectivity index (χ1v) is 7.97. The highest BCUT2D eigenvalue weighted by Gasteiger charge is 2.28. The van der Waals surface area contributed by atoms with Crippen LogP contribution in [-0.4, -0.2) is 27.8 Å². The van der Waals surface area contributed by atoms with Crippen molar-refractivity contribution in [2.75, 3.05) is 6.54 Å². The summed E-state index contributed by atoms with van der Waals surface area (Å²) < 4.78 is 20.8. The van der Waals surface area contributed by atoms with Crippen molar-refractivity contribution in [3.63, 3.8) is 0 Å². The molecule has 1 aromatic heterocycles. The molecule has 0 spiro atoms. The Morgan fingerprint density at radius 3 is 2.83 bits per heavy atom. The number of carbonyl (C=O) groups excluding carboxylic acids is 1. The Kier molecular flexibility index (Phi) is 4.00. The number of fused-ring (bicyclic) bond motifs is 1. The first kappa shape index (κ1) is 15.8. The number of nitrogens with zero attached hydrogens (tertiary/aromatic N) is 2. The molecule has 1 saturated carbocycles. The molecule has 1 N–H and O–H groups in total. The normalized spacial score (nSPS) is 15.0. The third-order valence-corrected chi connectivity index (χ3v) is 3.65. The summed E-state index contributed by atoms with van der Waals surface area (Å²) >= 11 is 0. The summed E-state index contributed by atoms with van der Waals surface area (Å²) in [6, 6.07) is 5.06. The summed E-state index contributed by atoms with van der Waals surface area (Å²) in [5.74, 6) is 0.627. The second kappa shape index (κ2) is 5.83. The quantitative estimate of drug-likeness (QED) is 0.937. The highest BCUT2D eigenvalue weighted by atomic mass is 19.1. The highest BCUT2D eigenvalue weighted by Crippen LogP contribution is 2.38. The summed E-state index contributed by atoms with van der Waals surface area (Å²) in [6.07, 6.45) is 2.34. The van der Waals surface area contributed by atoms with Gasteiger partial charge in [-0.05, 0) is 51.8 Å². The van der Waals surface area contributed by atoms with E-state index in [0.717, 1.165) is 29.7 Å². The van der Waals surface area contributed by atoms with Crippen LogP contribution in [0.25, 0.3) is 11.0 Å². The number of nitrogens with one attached hydrogen (secondary N) is 1. The fourth-order valence-electron chi connectivity index (χ4n) is 2.62. The molecule has 3 rings (SSSR count). The maximum absolute atomic E-state index is 13.5. The van der Waals surface area contributed by atoms with Gasteiger partial charge in [-0.2, -0.15) is 0 Å². The van der Waals surface area contributed by atoms with E-state index in [4.69, 9.17) is 4.74 Å². The minimum absolute atomic E-state index is 0.252. The topological polar surface area (TPSA) is 56.1 Å². The molecule has 23 heavy (non-hydrogen) atoms. The maximum atomic E-state index is 13.5. The Hall–Kier alpha value is -2.11. The lowest BCUT2D eigenvalue weighted by Gasteiger charge is -2.19.